The largest absolute Gasteiger partial charge is 3.00 e. The molecule has 0 spiro atoms. The fraction of sp³-hybridized carbons (Fsp3) is 0. The minimum atomic E-state index is -0.118. The summed E-state index contributed by atoms with van der Waals surface area (Å²) in [6.45, 7) is 0. The molecule has 12 aromatic carbocycles. The summed E-state index contributed by atoms with van der Waals surface area (Å²) in [4.78, 5) is 0. The van der Waals surface area contributed by atoms with Gasteiger partial charge in [0.1, 0.15) is 0 Å². The quantitative estimate of drug-likeness (QED) is 0.250. The Bertz CT molecular complexity index is 3180. The summed E-state index contributed by atoms with van der Waals surface area (Å²) in [7, 11) is 0. The molecule has 0 fully saturated rings. The maximum Gasteiger partial charge on any atom is 3.00 e. The van der Waals surface area contributed by atoms with Gasteiger partial charge in [-0.15, -0.1) is 34.5 Å². The van der Waals surface area contributed by atoms with Gasteiger partial charge in [0.2, 0.25) is 0 Å². The molecule has 0 aliphatic heterocycles. The van der Waals surface area contributed by atoms with Crippen molar-refractivity contribution in [2.24, 2.45) is 0 Å². The second kappa shape index (κ2) is 23.3. The Morgan fingerprint density at radius 3 is 0.443 bits per heavy atom. The first kappa shape index (κ1) is 53.3. The standard InChI is InChI=1S/3C20H14O2.La.3Li/c3*21-17-11-9-13-5-1-3-7-15(13)19(17)20-16-8-4-2-6-14(16)10-12-18(20)22;;;;/h3*1-12,21-22H;;;;/q;;;+3;3*+1/p-6. The molecule has 0 saturated carbocycles. The summed E-state index contributed by atoms with van der Waals surface area (Å²) in [6.07, 6.45) is 0. The van der Waals surface area contributed by atoms with E-state index in [0.29, 0.717) is 33.4 Å². The molecule has 0 atom stereocenters. The molecule has 0 bridgehead atoms. The molecule has 0 aromatic heterocycles. The van der Waals surface area contributed by atoms with E-state index in [0.717, 1.165) is 64.6 Å². The van der Waals surface area contributed by atoms with Crippen LogP contribution >= 0.6 is 0 Å². The Kier molecular flexibility index (Phi) is 17.7. The van der Waals surface area contributed by atoms with Crippen LogP contribution in [0.1, 0.15) is 0 Å². The summed E-state index contributed by atoms with van der Waals surface area (Å²) in [6, 6.07) is 66.1. The number of benzene rings is 12. The van der Waals surface area contributed by atoms with E-state index in [4.69, 9.17) is 0 Å². The molecule has 0 heterocycles. The van der Waals surface area contributed by atoms with Crippen LogP contribution in [0.4, 0.5) is 0 Å². The molecular weight excluding hydrogens is 976 g/mol. The smallest absolute Gasteiger partial charge is 0.872 e. The molecule has 12 rings (SSSR count). The zero-order chi connectivity index (χ0) is 45.3. The fourth-order valence-corrected chi connectivity index (χ4v) is 9.06. The molecule has 0 aliphatic rings. The SMILES string of the molecule is [La+3].[Li+].[Li+].[Li+].[O-]c1ccc2ccccc2c1-c1c([O-])ccc2ccccc12.[O-]c1ccc2ccccc2c1-c1c([O-])ccc2ccccc12.[O-]c1ccc2ccccc2c1-c1c([O-])ccc2ccccc12. The van der Waals surface area contributed by atoms with Gasteiger partial charge in [0.25, 0.3) is 0 Å². The summed E-state index contributed by atoms with van der Waals surface area (Å²) in [5.41, 5.74) is 3.00. The maximum absolute atomic E-state index is 12.5. The van der Waals surface area contributed by atoms with E-state index in [2.05, 4.69) is 0 Å². The van der Waals surface area contributed by atoms with E-state index in [1.54, 1.807) is 72.8 Å². The minimum Gasteiger partial charge on any atom is -0.872 e. The predicted molar refractivity (Wildman–Crippen MR) is 257 cm³/mol. The van der Waals surface area contributed by atoms with Gasteiger partial charge in [0.15, 0.2) is 0 Å². The molecule has 12 aromatic rings. The van der Waals surface area contributed by atoms with Gasteiger partial charge in [-0.05, 0) is 98.0 Å². The van der Waals surface area contributed by atoms with Crippen molar-refractivity contribution in [1.82, 2.24) is 0 Å². The molecule has 0 amide bonds. The second-order valence-corrected chi connectivity index (χ2v) is 16.0. The van der Waals surface area contributed by atoms with Crippen molar-refractivity contribution in [3.63, 3.8) is 0 Å². The van der Waals surface area contributed by atoms with Crippen LogP contribution in [0.2, 0.25) is 0 Å². The topological polar surface area (TPSA) is 138 Å². The first-order valence-corrected chi connectivity index (χ1v) is 21.4. The van der Waals surface area contributed by atoms with Crippen molar-refractivity contribution in [2.45, 2.75) is 0 Å². The van der Waals surface area contributed by atoms with Crippen LogP contribution in [0, 0.1) is 35.6 Å². The molecule has 0 N–H and O–H groups in total. The fourth-order valence-electron chi connectivity index (χ4n) is 9.06. The zero-order valence-corrected chi connectivity index (χ0v) is 42.4. The van der Waals surface area contributed by atoms with Gasteiger partial charge in [-0.1, -0.05) is 218 Å². The predicted octanol–water partition coefficient (Wildman–Crippen LogP) is 2.43. The average molecular weight is 1010 g/mol. The Hall–Kier alpha value is -6.01. The minimum absolute atomic E-state index is 0. The van der Waals surface area contributed by atoms with Crippen molar-refractivity contribution in [2.75, 3.05) is 0 Å². The first-order valence-electron chi connectivity index (χ1n) is 21.4. The van der Waals surface area contributed by atoms with Crippen LogP contribution in [-0.4, -0.2) is 0 Å². The van der Waals surface area contributed by atoms with Gasteiger partial charge in [-0.2, -0.15) is 0 Å². The Labute approximate surface area is 469 Å². The summed E-state index contributed by atoms with van der Waals surface area (Å²) in [5, 5.41) is 85.7. The third kappa shape index (κ3) is 10.2. The van der Waals surface area contributed by atoms with Gasteiger partial charge in [0, 0.05) is 0 Å². The summed E-state index contributed by atoms with van der Waals surface area (Å²) in [5.74, 6) is -0.710. The second-order valence-electron chi connectivity index (χ2n) is 16.0. The molecule has 0 aliphatic carbocycles. The van der Waals surface area contributed by atoms with E-state index in [9.17, 15) is 30.6 Å². The third-order valence-corrected chi connectivity index (χ3v) is 12.1. The molecule has 0 unspecified atom stereocenters. The zero-order valence-electron chi connectivity index (χ0n) is 38.8. The molecule has 6 nitrogen and oxygen atoms in total. The van der Waals surface area contributed by atoms with Gasteiger partial charge < -0.3 is 30.6 Å². The molecule has 0 radical (unpaired) electrons. The normalized spacial score (nSPS) is 10.5. The van der Waals surface area contributed by atoms with Crippen LogP contribution in [0.25, 0.3) is 98.0 Å². The monoisotopic (exact) mass is 1010 g/mol. The van der Waals surface area contributed by atoms with E-state index in [1.807, 2.05) is 146 Å². The van der Waals surface area contributed by atoms with Crippen LogP contribution in [0.5, 0.6) is 34.5 Å². The van der Waals surface area contributed by atoms with Crippen LogP contribution < -0.4 is 87.2 Å². The van der Waals surface area contributed by atoms with Crippen molar-refractivity contribution in [1.29, 1.82) is 0 Å². The number of hydrogen-bond donors (Lipinski definition) is 0. The van der Waals surface area contributed by atoms with Gasteiger partial charge in [-0.25, -0.2) is 0 Å². The van der Waals surface area contributed by atoms with Crippen molar-refractivity contribution < 1.29 is 123 Å². The van der Waals surface area contributed by atoms with E-state index in [1.165, 1.54) is 0 Å². The molecule has 10 heteroatoms. The molecule has 0 saturated heterocycles. The van der Waals surface area contributed by atoms with E-state index in [-0.39, 0.29) is 127 Å². The maximum atomic E-state index is 12.5. The van der Waals surface area contributed by atoms with Crippen molar-refractivity contribution in [3.8, 4) is 67.9 Å². The van der Waals surface area contributed by atoms with Crippen LogP contribution in [0.15, 0.2) is 218 Å². The Morgan fingerprint density at radius 2 is 0.300 bits per heavy atom. The summed E-state index contributed by atoms with van der Waals surface area (Å²) < 4.78 is 0. The first-order chi connectivity index (χ1) is 32.3. The third-order valence-electron chi connectivity index (χ3n) is 12.1. The van der Waals surface area contributed by atoms with Crippen LogP contribution in [0.3, 0.4) is 0 Å². The Balaban J connectivity index is 0.000000167. The van der Waals surface area contributed by atoms with E-state index >= 15 is 0 Å². The van der Waals surface area contributed by atoms with Gasteiger partial charge >= 0.3 is 92.2 Å². The van der Waals surface area contributed by atoms with Crippen LogP contribution in [-0.2, 0) is 0 Å². The van der Waals surface area contributed by atoms with Crippen molar-refractivity contribution >= 4 is 64.6 Å². The Morgan fingerprint density at radius 1 is 0.171 bits per heavy atom. The van der Waals surface area contributed by atoms with Crippen molar-refractivity contribution in [3.05, 3.63) is 218 Å². The number of hydrogen-bond acceptors (Lipinski definition) is 6. The van der Waals surface area contributed by atoms with Gasteiger partial charge in [-0.3, -0.25) is 0 Å². The number of rotatable bonds is 3. The van der Waals surface area contributed by atoms with E-state index < -0.39 is 0 Å². The summed E-state index contributed by atoms with van der Waals surface area (Å²) >= 11 is 0. The molecule has 318 valence electrons. The number of fused-ring (bicyclic) bond motifs is 6. The molecule has 70 heavy (non-hydrogen) atoms. The average Bonchev–Trinajstić information content (AvgIpc) is 3.35. The van der Waals surface area contributed by atoms with Gasteiger partial charge in [0.05, 0.1) is 0 Å². The molecular formula is C60H36LaLi3O6.